The molecule has 0 spiro atoms. The van der Waals surface area contributed by atoms with Crippen LogP contribution in [0.4, 0.5) is 5.69 Å². The number of ether oxygens (including phenoxy) is 7. The third-order valence-electron chi connectivity index (χ3n) is 20.5. The van der Waals surface area contributed by atoms with Crippen LogP contribution in [0, 0.1) is 5.92 Å². The number of nitrogens with one attached hydrogen (secondary N) is 8. The summed E-state index contributed by atoms with van der Waals surface area (Å²) in [6, 6.07) is 2.78. The molecule has 6 aromatic rings. The summed E-state index contributed by atoms with van der Waals surface area (Å²) in [5, 5.41) is 122. The van der Waals surface area contributed by atoms with E-state index in [1.807, 2.05) is 0 Å². The molecule has 0 aromatic heterocycles. The Kier molecular flexibility index (Phi) is 28.2. The molecule has 41 nitrogen and oxygen atoms in total. The minimum absolute atomic E-state index is 0.000670. The molecule has 121 heavy (non-hydrogen) atoms. The first-order chi connectivity index (χ1) is 56.8. The number of anilines is 1. The van der Waals surface area contributed by atoms with Crippen molar-refractivity contribution in [3.8, 4) is 57.1 Å². The molecule has 0 saturated carbocycles. The molecule has 18 atom stereocenters. The molecule has 6 aromatic carbocycles. The summed E-state index contributed by atoms with van der Waals surface area (Å²) in [5.41, 5.74) is 7.39. The van der Waals surface area contributed by atoms with Crippen molar-refractivity contribution in [3.63, 3.8) is 0 Å². The number of halogens is 2. The fraction of sp³-hybridized carbons (Fsp3) is 0.408. The standard InChI is InChI=1S/C76H88Cl2N10O31P2/c1-29(2)16-42(81-5)68(100)87-59-61(95)33-9-14-46(40(77)19-33)115-48-21-35-22-49(65(48)119-75-66(64(98)63(97)50(27-89)117-75)118-53-26-76(4,80)67(99)30(3)114-53)116-47-15-10-34(20-41(47)78)62(96)60-73(105)86-58(74(106)113-28-52(94)82-36-11-6-31(7-12-36)17-54(120(107,108)109)121(110,111)112)39-23-37(90)24-45(92)55(39)38-18-32(8-13-44(38)91)56(70(102)88-60)85-71(103)57(35)84-69(101)43(25-51(79)93)83-72(59)104/h6-15,18-24,29-30,42-43,50,53-54,56-64,66-67,75,81,89-92,95-99H,16-17,25-28,80H2,1-5H3,(H2,79,93)(H,82,94)(H,83,104)(H,84,101)(H,85,103)(H,86,105)(H,87,100)(H,88,102)(H2,107,108,109)(H2,110,111,112)/t30-,42+,43-,50+,53-,56+,57+,58-,59+,60-,61+,62+,63+,64-,66+,67-,75?,76-/m0/s1. The van der Waals surface area contributed by atoms with E-state index in [4.69, 9.17) is 67.8 Å². The van der Waals surface area contributed by atoms with Crippen molar-refractivity contribution < 1.29 is 151 Å². The highest BCUT2D eigenvalue weighted by Crippen LogP contribution is 2.61. The third kappa shape index (κ3) is 20.9. The number of amides is 8. The average molecular weight is 1770 g/mol. The van der Waals surface area contributed by atoms with Gasteiger partial charge in [0.1, 0.15) is 89.5 Å². The number of rotatable bonds is 20. The summed E-state index contributed by atoms with van der Waals surface area (Å²) >= 11 is 14.2. The Morgan fingerprint density at radius 2 is 1.28 bits per heavy atom. The number of aromatic hydroxyl groups is 3. The van der Waals surface area contributed by atoms with E-state index < -0.39 is 287 Å². The Bertz CT molecular complexity index is 5080. The Morgan fingerprint density at radius 3 is 1.86 bits per heavy atom. The first kappa shape index (κ1) is 91.5. The summed E-state index contributed by atoms with van der Waals surface area (Å²) in [6.07, 6.45) is -20.0. The van der Waals surface area contributed by atoms with Gasteiger partial charge in [-0.1, -0.05) is 67.4 Å². The number of primary amides is 1. The highest BCUT2D eigenvalue weighted by Gasteiger charge is 2.52. The molecule has 2 fully saturated rings. The lowest BCUT2D eigenvalue weighted by atomic mass is 9.86. The molecule has 45 heteroatoms. The zero-order valence-electron chi connectivity index (χ0n) is 64.5. The van der Waals surface area contributed by atoms with Crippen molar-refractivity contribution in [2.75, 3.05) is 25.6 Å². The predicted octanol–water partition coefficient (Wildman–Crippen LogP) is 0.428. The Labute approximate surface area is 696 Å². The van der Waals surface area contributed by atoms with Gasteiger partial charge in [0.25, 0.3) is 5.91 Å². The van der Waals surface area contributed by atoms with Gasteiger partial charge in [-0.05, 0) is 134 Å². The number of likely N-dealkylation sites (N-methyl/N-ethyl adjacent to an activating group) is 1. The normalized spacial score (nSPS) is 26.8. The van der Waals surface area contributed by atoms with Crippen molar-refractivity contribution in [1.29, 1.82) is 0 Å². The van der Waals surface area contributed by atoms with Gasteiger partial charge < -0.3 is 153 Å². The van der Waals surface area contributed by atoms with E-state index >= 15 is 19.2 Å². The quantitative estimate of drug-likeness (QED) is 0.0364. The van der Waals surface area contributed by atoms with Crippen molar-refractivity contribution in [2.24, 2.45) is 17.4 Å². The van der Waals surface area contributed by atoms with Crippen LogP contribution in [0.25, 0.3) is 11.1 Å². The lowest BCUT2D eigenvalue weighted by Crippen LogP contribution is -2.64. The fourth-order valence-electron chi connectivity index (χ4n) is 14.3. The number of carbonyl (C=O) groups is 9. The zero-order chi connectivity index (χ0) is 88.5. The number of hydrogen-bond donors (Lipinski definition) is 23. The maximum Gasteiger partial charge on any atom is 0.341 e. The maximum absolute atomic E-state index is 16.3. The summed E-state index contributed by atoms with van der Waals surface area (Å²) in [6.45, 7) is 4.30. The van der Waals surface area contributed by atoms with Crippen LogP contribution in [0.15, 0.2) is 103 Å². The molecule has 652 valence electrons. The lowest BCUT2D eigenvalue weighted by Gasteiger charge is -2.47. The van der Waals surface area contributed by atoms with Crippen LogP contribution in [-0.2, 0) is 77.6 Å². The van der Waals surface area contributed by atoms with E-state index in [0.29, 0.717) is 6.07 Å². The van der Waals surface area contributed by atoms with Crippen LogP contribution in [0.1, 0.15) is 111 Å². The van der Waals surface area contributed by atoms with Crippen LogP contribution in [0.2, 0.25) is 10.0 Å². The molecule has 7 aliphatic heterocycles. The molecule has 7 aliphatic rings. The van der Waals surface area contributed by atoms with Crippen LogP contribution >= 0.6 is 38.4 Å². The van der Waals surface area contributed by atoms with E-state index in [1.54, 1.807) is 13.8 Å². The third-order valence-corrected chi connectivity index (χ3v) is 24.9. The molecule has 7 heterocycles. The second-order valence-electron chi connectivity index (χ2n) is 30.1. The first-order valence-corrected chi connectivity index (χ1v) is 41.3. The van der Waals surface area contributed by atoms with Crippen LogP contribution in [0.5, 0.6) is 46.0 Å². The number of nitrogens with two attached hydrogens (primary N) is 2. The van der Waals surface area contributed by atoms with Gasteiger partial charge in [-0.25, -0.2) is 4.79 Å². The number of carbonyl (C=O) groups excluding carboxylic acids is 9. The van der Waals surface area contributed by atoms with Crippen LogP contribution < -0.4 is 68.2 Å². The highest BCUT2D eigenvalue weighted by atomic mass is 35.5. The van der Waals surface area contributed by atoms with E-state index in [1.165, 1.54) is 27.0 Å². The molecule has 1 unspecified atom stereocenters. The van der Waals surface area contributed by atoms with Crippen LogP contribution in [0.3, 0.4) is 0 Å². The largest absolute Gasteiger partial charge is 0.508 e. The lowest BCUT2D eigenvalue weighted by molar-refractivity contribution is -0.333. The maximum atomic E-state index is 16.3. The monoisotopic (exact) mass is 1770 g/mol. The highest BCUT2D eigenvalue weighted by molar-refractivity contribution is 7.70. The summed E-state index contributed by atoms with van der Waals surface area (Å²) in [4.78, 5) is 173. The van der Waals surface area contributed by atoms with E-state index in [9.17, 15) is 98.6 Å². The number of esters is 1. The van der Waals surface area contributed by atoms with E-state index in [2.05, 4.69) is 42.5 Å². The van der Waals surface area contributed by atoms with Gasteiger partial charge in [-0.2, -0.15) is 0 Å². The van der Waals surface area contributed by atoms with Gasteiger partial charge in [0.05, 0.1) is 41.3 Å². The number of aliphatic hydroxyl groups excluding tert-OH is 6. The number of aliphatic hydroxyl groups is 6. The van der Waals surface area contributed by atoms with Gasteiger partial charge in [0.15, 0.2) is 41.9 Å². The summed E-state index contributed by atoms with van der Waals surface area (Å²) in [7, 11) is -9.27. The molecule has 25 N–H and O–H groups in total. The SMILES string of the molecule is CN[C@H](CC(C)C)C(=O)N[C@H]1C(=O)N[C@@H](CC(N)=O)C(=O)N[C@H]2C(=O)N[C@H]3C(=O)N[C@H](C(=O)N[C@H](C(=O)OCC(=O)Nc4ccc(CC(P(=O)(O)O)P(=O)(O)O)cc4)c4cc(O)cc(O)c4-c4cc3ccc4O)[C@H](O)c3ccc(c(Cl)c3)Oc3cc2cc(c3OC2O[C@H](CO)[C@@H](O)[C@H](O)[C@H]2O[C@H]2C[C@](C)(N)[C@@H](O)[C@H](C)O2)Oc2ccc(cc2Cl)[C@H]1O. The predicted molar refractivity (Wildman–Crippen MR) is 419 cm³/mol. The molecule has 2 saturated heterocycles. The second kappa shape index (κ2) is 37.2. The first-order valence-electron chi connectivity index (χ1n) is 37.2. The van der Waals surface area contributed by atoms with Gasteiger partial charge in [-0.15, -0.1) is 0 Å². The molecule has 8 amide bonds. The Hall–Kier alpha value is -10.2. The van der Waals surface area contributed by atoms with Gasteiger partial charge in [0.2, 0.25) is 53.4 Å². The number of phenolic OH excluding ortho intramolecular Hbond substituents is 3. The van der Waals surface area contributed by atoms with Gasteiger partial charge >= 0.3 is 21.2 Å². The summed E-state index contributed by atoms with van der Waals surface area (Å²) in [5.74, 6) is -17.9. The Morgan fingerprint density at radius 1 is 0.686 bits per heavy atom. The second-order valence-corrected chi connectivity index (χ2v) is 34.9. The summed E-state index contributed by atoms with van der Waals surface area (Å²) < 4.78 is 67.9. The Balaban J connectivity index is 1.09. The zero-order valence-corrected chi connectivity index (χ0v) is 67.8. The van der Waals surface area contributed by atoms with Gasteiger partial charge in [-0.3, -0.25) is 47.5 Å². The molecule has 13 rings (SSSR count). The van der Waals surface area contributed by atoms with Gasteiger partial charge in [0, 0.05) is 40.4 Å². The van der Waals surface area contributed by atoms with Crippen molar-refractivity contribution in [1.82, 2.24) is 37.2 Å². The van der Waals surface area contributed by atoms with E-state index in [-0.39, 0.29) is 46.9 Å². The van der Waals surface area contributed by atoms with Crippen molar-refractivity contribution >= 4 is 97.3 Å². The minimum atomic E-state index is -5.36. The van der Waals surface area contributed by atoms with E-state index in [0.717, 1.165) is 91.0 Å². The number of benzene rings is 6. The molecular weight excluding hydrogens is 1680 g/mol. The topological polar surface area (TPSA) is 664 Å². The van der Waals surface area contributed by atoms with Crippen molar-refractivity contribution in [3.05, 3.63) is 147 Å². The number of fused-ring (bicyclic) bond motifs is 15. The fourth-order valence-corrected chi connectivity index (χ4v) is 17.2. The van der Waals surface area contributed by atoms with Crippen molar-refractivity contribution in [2.45, 2.75) is 168 Å². The average Bonchev–Trinajstić information content (AvgIpc) is 0.762. The number of phenols is 3. The molecular formula is C76H88Cl2N10O31P2. The smallest absolute Gasteiger partial charge is 0.341 e. The molecule has 11 bridgehead atoms. The van der Waals surface area contributed by atoms with Crippen LogP contribution in [-0.4, -0.2) is 223 Å². The molecule has 0 radical (unpaired) electrons. The number of hydrogen-bond acceptors (Lipinski definition) is 29. The minimum Gasteiger partial charge on any atom is -0.508 e. The molecule has 0 aliphatic carbocycles.